The van der Waals surface area contributed by atoms with Gasteiger partial charge in [-0.1, -0.05) is 19.3 Å². The summed E-state index contributed by atoms with van der Waals surface area (Å²) in [5.74, 6) is 0. The number of ether oxygens (including phenoxy) is 1. The van der Waals surface area contributed by atoms with Crippen LogP contribution in [0.3, 0.4) is 0 Å². The highest BCUT2D eigenvalue weighted by Crippen LogP contribution is 2.57. The molecule has 0 aromatic rings. The van der Waals surface area contributed by atoms with Crippen molar-refractivity contribution in [3.8, 4) is 0 Å². The lowest BCUT2D eigenvalue weighted by molar-refractivity contribution is 0.117. The molecule has 2 aliphatic carbocycles. The quantitative estimate of drug-likeness (QED) is 0.643. The number of hydrogen-bond donors (Lipinski definition) is 1. The molecule has 3 heteroatoms. The average molecular weight is 195 g/mol. The van der Waals surface area contributed by atoms with E-state index in [2.05, 4.69) is 5.32 Å². The molecule has 0 bridgehead atoms. The van der Waals surface area contributed by atoms with Gasteiger partial charge in [0.05, 0.1) is 5.54 Å². The minimum absolute atomic E-state index is 0.0145. The predicted octanol–water partition coefficient (Wildman–Crippen LogP) is 2.21. The summed E-state index contributed by atoms with van der Waals surface area (Å²) in [6.45, 7) is 0.617. The van der Waals surface area contributed by atoms with E-state index in [1.807, 2.05) is 0 Å². The van der Waals surface area contributed by atoms with Crippen LogP contribution in [0.1, 0.15) is 44.9 Å². The van der Waals surface area contributed by atoms with Gasteiger partial charge in [0.15, 0.2) is 0 Å². The van der Waals surface area contributed by atoms with E-state index in [0.29, 0.717) is 12.0 Å². The summed E-state index contributed by atoms with van der Waals surface area (Å²) in [5, 5.41) is 3.10. The van der Waals surface area contributed by atoms with Crippen LogP contribution in [0.2, 0.25) is 0 Å². The van der Waals surface area contributed by atoms with Crippen molar-refractivity contribution in [3.05, 3.63) is 0 Å². The van der Waals surface area contributed by atoms with E-state index in [-0.39, 0.29) is 11.6 Å². The first-order valence-corrected chi connectivity index (χ1v) is 5.71. The van der Waals surface area contributed by atoms with Crippen molar-refractivity contribution in [3.63, 3.8) is 0 Å². The number of carbonyl (C=O) groups is 1. The molecule has 14 heavy (non-hydrogen) atoms. The maximum absolute atomic E-state index is 11.2. The molecule has 1 saturated heterocycles. The third-order valence-corrected chi connectivity index (χ3v) is 4.63. The lowest BCUT2D eigenvalue weighted by Crippen LogP contribution is -2.52. The summed E-state index contributed by atoms with van der Waals surface area (Å²) >= 11 is 0. The molecule has 0 radical (unpaired) electrons. The number of amides is 1. The topological polar surface area (TPSA) is 38.3 Å². The Morgan fingerprint density at radius 1 is 1.07 bits per heavy atom. The van der Waals surface area contributed by atoms with E-state index in [1.54, 1.807) is 0 Å². The highest BCUT2D eigenvalue weighted by atomic mass is 16.6. The van der Waals surface area contributed by atoms with Gasteiger partial charge in [0, 0.05) is 0 Å². The van der Waals surface area contributed by atoms with Gasteiger partial charge in [-0.2, -0.15) is 0 Å². The lowest BCUT2D eigenvalue weighted by atomic mass is 9.71. The van der Waals surface area contributed by atoms with Gasteiger partial charge in [-0.25, -0.2) is 4.79 Å². The Kier molecular flexibility index (Phi) is 1.62. The molecule has 3 rings (SSSR count). The maximum Gasteiger partial charge on any atom is 0.407 e. The molecule has 3 aliphatic rings. The molecule has 1 aliphatic heterocycles. The van der Waals surface area contributed by atoms with Gasteiger partial charge < -0.3 is 10.1 Å². The Hall–Kier alpha value is -0.730. The molecule has 3 fully saturated rings. The summed E-state index contributed by atoms with van der Waals surface area (Å²) in [6, 6.07) is 0. The predicted molar refractivity (Wildman–Crippen MR) is 52.0 cm³/mol. The number of hydrogen-bond acceptors (Lipinski definition) is 2. The first-order valence-electron chi connectivity index (χ1n) is 5.71. The summed E-state index contributed by atoms with van der Waals surface area (Å²) in [6.07, 6.45) is 8.71. The average Bonchev–Trinajstić information content (AvgIpc) is 2.82. The molecule has 0 aromatic heterocycles. The van der Waals surface area contributed by atoms with Gasteiger partial charge in [-0.3, -0.25) is 0 Å². The molecule has 2 saturated carbocycles. The first-order chi connectivity index (χ1) is 6.77. The van der Waals surface area contributed by atoms with Crippen LogP contribution in [0, 0.1) is 5.41 Å². The van der Waals surface area contributed by atoms with Crippen molar-refractivity contribution in [2.75, 3.05) is 6.61 Å². The molecule has 1 atom stereocenters. The van der Waals surface area contributed by atoms with Gasteiger partial charge in [-0.05, 0) is 31.1 Å². The van der Waals surface area contributed by atoms with Gasteiger partial charge in [0.25, 0.3) is 0 Å². The SMILES string of the molecule is O=C1NC2(CCCC23CCCC3)CO1. The fourth-order valence-corrected chi connectivity index (χ4v) is 3.89. The van der Waals surface area contributed by atoms with Gasteiger partial charge >= 0.3 is 6.09 Å². The van der Waals surface area contributed by atoms with E-state index < -0.39 is 0 Å². The molecule has 1 N–H and O–H groups in total. The van der Waals surface area contributed by atoms with E-state index in [0.717, 1.165) is 6.42 Å². The van der Waals surface area contributed by atoms with Crippen LogP contribution in [-0.2, 0) is 4.74 Å². The Bertz CT molecular complexity index is 265. The van der Waals surface area contributed by atoms with Crippen molar-refractivity contribution >= 4 is 6.09 Å². The number of fused-ring (bicyclic) bond motifs is 1. The fraction of sp³-hybridized carbons (Fsp3) is 0.909. The number of rotatable bonds is 0. The summed E-state index contributed by atoms with van der Waals surface area (Å²) in [5.41, 5.74) is 0.403. The third kappa shape index (κ3) is 0.904. The van der Waals surface area contributed by atoms with E-state index in [9.17, 15) is 4.79 Å². The number of carbonyl (C=O) groups excluding carboxylic acids is 1. The Labute approximate surface area is 84.2 Å². The molecule has 78 valence electrons. The molecule has 1 unspecified atom stereocenters. The van der Waals surface area contributed by atoms with E-state index >= 15 is 0 Å². The highest BCUT2D eigenvalue weighted by molar-refractivity contribution is 5.71. The van der Waals surface area contributed by atoms with Crippen LogP contribution < -0.4 is 5.32 Å². The molecule has 3 nitrogen and oxygen atoms in total. The molecule has 1 amide bonds. The second-order valence-electron chi connectivity index (χ2n) is 5.12. The van der Waals surface area contributed by atoms with Crippen LogP contribution in [0.15, 0.2) is 0 Å². The van der Waals surface area contributed by atoms with Crippen LogP contribution >= 0.6 is 0 Å². The zero-order valence-electron chi connectivity index (χ0n) is 8.47. The summed E-state index contributed by atoms with van der Waals surface area (Å²) < 4.78 is 5.13. The molecular weight excluding hydrogens is 178 g/mol. The maximum atomic E-state index is 11.2. The molecule has 0 aromatic carbocycles. The van der Waals surface area contributed by atoms with Gasteiger partial charge in [0.1, 0.15) is 6.61 Å². The van der Waals surface area contributed by atoms with E-state index in [1.165, 1.54) is 38.5 Å². The van der Waals surface area contributed by atoms with Crippen molar-refractivity contribution in [1.82, 2.24) is 5.32 Å². The Morgan fingerprint density at radius 2 is 1.79 bits per heavy atom. The van der Waals surface area contributed by atoms with Crippen LogP contribution in [0.5, 0.6) is 0 Å². The minimum Gasteiger partial charge on any atom is -0.447 e. The second-order valence-corrected chi connectivity index (χ2v) is 5.12. The number of nitrogens with one attached hydrogen (secondary N) is 1. The minimum atomic E-state index is -0.196. The zero-order chi connectivity index (χ0) is 9.65. The Balaban J connectivity index is 1.94. The van der Waals surface area contributed by atoms with Crippen molar-refractivity contribution < 1.29 is 9.53 Å². The van der Waals surface area contributed by atoms with Gasteiger partial charge in [-0.15, -0.1) is 0 Å². The standard InChI is InChI=1S/C11H17NO2/c13-9-12-11(8-14-9)7-3-6-10(11)4-1-2-5-10/h1-8H2,(H,12,13). The lowest BCUT2D eigenvalue weighted by Gasteiger charge is -2.38. The van der Waals surface area contributed by atoms with Crippen LogP contribution in [-0.4, -0.2) is 18.2 Å². The van der Waals surface area contributed by atoms with Crippen molar-refractivity contribution in [1.29, 1.82) is 0 Å². The smallest absolute Gasteiger partial charge is 0.407 e. The first kappa shape index (κ1) is 8.57. The van der Waals surface area contributed by atoms with E-state index in [4.69, 9.17) is 4.74 Å². The third-order valence-electron chi connectivity index (χ3n) is 4.63. The van der Waals surface area contributed by atoms with Crippen LogP contribution in [0.4, 0.5) is 4.79 Å². The normalized spacial score (nSPS) is 39.3. The molecular formula is C11H17NO2. The van der Waals surface area contributed by atoms with Crippen LogP contribution in [0.25, 0.3) is 0 Å². The highest BCUT2D eigenvalue weighted by Gasteiger charge is 2.59. The molecule has 1 heterocycles. The second kappa shape index (κ2) is 2.65. The molecule has 2 spiro atoms. The van der Waals surface area contributed by atoms with Crippen molar-refractivity contribution in [2.45, 2.75) is 50.5 Å². The largest absolute Gasteiger partial charge is 0.447 e. The monoisotopic (exact) mass is 195 g/mol. The fourth-order valence-electron chi connectivity index (χ4n) is 3.89. The number of alkyl carbamates (subject to hydrolysis) is 1. The Morgan fingerprint density at radius 3 is 2.43 bits per heavy atom. The van der Waals surface area contributed by atoms with Crippen molar-refractivity contribution in [2.24, 2.45) is 5.41 Å². The zero-order valence-corrected chi connectivity index (χ0v) is 8.47. The van der Waals surface area contributed by atoms with Gasteiger partial charge in [0.2, 0.25) is 0 Å². The summed E-state index contributed by atoms with van der Waals surface area (Å²) in [7, 11) is 0. The summed E-state index contributed by atoms with van der Waals surface area (Å²) in [4.78, 5) is 11.2. The number of cyclic esters (lactones) is 1.